The van der Waals surface area contributed by atoms with Crippen LogP contribution < -0.4 is 11.1 Å². The summed E-state index contributed by atoms with van der Waals surface area (Å²) in [6.45, 7) is 6.60. The zero-order valence-corrected chi connectivity index (χ0v) is 12.7. The average Bonchev–Trinajstić information content (AvgIpc) is 2.38. The van der Waals surface area contributed by atoms with Crippen molar-refractivity contribution in [3.8, 4) is 0 Å². The van der Waals surface area contributed by atoms with Crippen molar-refractivity contribution in [3.63, 3.8) is 0 Å². The van der Waals surface area contributed by atoms with Gasteiger partial charge in [0.1, 0.15) is 0 Å². The first kappa shape index (κ1) is 13.4. The standard InChI is InChI=1S/C18H24N2/c1-12-11-18(2,3)20-17-9-8-13(10-15(12)17)14-6-4-5-7-16(14)19/h6,8-11,16,20H,4-5,7,19H2,1-3H3. The molecule has 20 heavy (non-hydrogen) atoms. The summed E-state index contributed by atoms with van der Waals surface area (Å²) in [4.78, 5) is 0. The highest BCUT2D eigenvalue weighted by Gasteiger charge is 2.23. The largest absolute Gasteiger partial charge is 0.376 e. The summed E-state index contributed by atoms with van der Waals surface area (Å²) in [5.74, 6) is 0. The maximum atomic E-state index is 6.27. The van der Waals surface area contributed by atoms with E-state index >= 15 is 0 Å². The third-order valence-corrected chi connectivity index (χ3v) is 4.29. The molecular weight excluding hydrogens is 244 g/mol. The molecule has 1 aromatic carbocycles. The van der Waals surface area contributed by atoms with Gasteiger partial charge < -0.3 is 11.1 Å². The molecular formula is C18H24N2. The molecule has 0 amide bonds. The zero-order chi connectivity index (χ0) is 14.3. The SMILES string of the molecule is CC1=CC(C)(C)Nc2ccc(C3=CCCCC3N)cc21. The smallest absolute Gasteiger partial charge is 0.0505 e. The summed E-state index contributed by atoms with van der Waals surface area (Å²) in [6.07, 6.45) is 8.08. The van der Waals surface area contributed by atoms with E-state index in [1.165, 1.54) is 34.4 Å². The van der Waals surface area contributed by atoms with Crippen LogP contribution in [0, 0.1) is 0 Å². The van der Waals surface area contributed by atoms with Gasteiger partial charge in [0.2, 0.25) is 0 Å². The highest BCUT2D eigenvalue weighted by molar-refractivity contribution is 5.83. The van der Waals surface area contributed by atoms with Gasteiger partial charge in [-0.05, 0) is 68.9 Å². The lowest BCUT2D eigenvalue weighted by atomic mass is 9.86. The van der Waals surface area contributed by atoms with E-state index in [2.05, 4.69) is 56.4 Å². The molecule has 1 atom stereocenters. The van der Waals surface area contributed by atoms with E-state index in [1.54, 1.807) is 0 Å². The van der Waals surface area contributed by atoms with Crippen LogP contribution in [0.1, 0.15) is 51.2 Å². The minimum absolute atomic E-state index is 0.0269. The average molecular weight is 268 g/mol. The van der Waals surface area contributed by atoms with E-state index in [9.17, 15) is 0 Å². The Bertz CT molecular complexity index is 593. The second kappa shape index (κ2) is 4.78. The minimum atomic E-state index is 0.0269. The number of anilines is 1. The van der Waals surface area contributed by atoms with Crippen LogP contribution in [0.3, 0.4) is 0 Å². The lowest BCUT2D eigenvalue weighted by molar-refractivity contribution is 0.659. The first-order valence-electron chi connectivity index (χ1n) is 7.54. The molecule has 106 valence electrons. The molecule has 1 heterocycles. The second-order valence-corrected chi connectivity index (χ2v) is 6.63. The van der Waals surface area contributed by atoms with Gasteiger partial charge in [-0.25, -0.2) is 0 Å². The zero-order valence-electron chi connectivity index (χ0n) is 12.7. The summed E-state index contributed by atoms with van der Waals surface area (Å²) in [7, 11) is 0. The van der Waals surface area contributed by atoms with Crippen molar-refractivity contribution >= 4 is 16.8 Å². The van der Waals surface area contributed by atoms with Gasteiger partial charge >= 0.3 is 0 Å². The summed E-state index contributed by atoms with van der Waals surface area (Å²) in [5, 5.41) is 3.58. The fourth-order valence-electron chi connectivity index (χ4n) is 3.40. The maximum absolute atomic E-state index is 6.27. The van der Waals surface area contributed by atoms with E-state index in [1.807, 2.05) is 0 Å². The Morgan fingerprint density at radius 1 is 1.30 bits per heavy atom. The van der Waals surface area contributed by atoms with Gasteiger partial charge in [0.05, 0.1) is 5.54 Å². The maximum Gasteiger partial charge on any atom is 0.0505 e. The first-order valence-corrected chi connectivity index (χ1v) is 7.54. The van der Waals surface area contributed by atoms with Gasteiger partial charge in [-0.15, -0.1) is 0 Å². The highest BCUT2D eigenvalue weighted by atomic mass is 15.0. The lowest BCUT2D eigenvalue weighted by Crippen LogP contribution is -2.31. The monoisotopic (exact) mass is 268 g/mol. The van der Waals surface area contributed by atoms with Crippen LogP contribution in [0.15, 0.2) is 30.4 Å². The lowest BCUT2D eigenvalue weighted by Gasteiger charge is -2.32. The third kappa shape index (κ3) is 2.40. The Labute approximate surface area is 121 Å². The predicted molar refractivity (Wildman–Crippen MR) is 87.6 cm³/mol. The van der Waals surface area contributed by atoms with Crippen molar-refractivity contribution in [1.29, 1.82) is 0 Å². The van der Waals surface area contributed by atoms with Crippen molar-refractivity contribution < 1.29 is 0 Å². The normalized spacial score (nSPS) is 24.3. The van der Waals surface area contributed by atoms with E-state index in [-0.39, 0.29) is 11.6 Å². The predicted octanol–water partition coefficient (Wildman–Crippen LogP) is 4.19. The van der Waals surface area contributed by atoms with Crippen LogP contribution in [0.2, 0.25) is 0 Å². The van der Waals surface area contributed by atoms with Crippen molar-refractivity contribution in [3.05, 3.63) is 41.5 Å². The summed E-state index contributed by atoms with van der Waals surface area (Å²) in [6, 6.07) is 6.89. The van der Waals surface area contributed by atoms with Gasteiger partial charge in [-0.2, -0.15) is 0 Å². The van der Waals surface area contributed by atoms with Gasteiger partial charge in [-0.1, -0.05) is 18.2 Å². The summed E-state index contributed by atoms with van der Waals surface area (Å²) >= 11 is 0. The van der Waals surface area contributed by atoms with Crippen molar-refractivity contribution in [1.82, 2.24) is 0 Å². The van der Waals surface area contributed by atoms with Gasteiger partial charge in [0, 0.05) is 17.3 Å². The minimum Gasteiger partial charge on any atom is -0.376 e. The first-order chi connectivity index (χ1) is 9.46. The van der Waals surface area contributed by atoms with E-state index < -0.39 is 0 Å². The van der Waals surface area contributed by atoms with E-state index in [0.717, 1.165) is 12.8 Å². The quantitative estimate of drug-likeness (QED) is 0.801. The number of nitrogens with two attached hydrogens (primary N) is 1. The number of hydrogen-bond acceptors (Lipinski definition) is 2. The Hall–Kier alpha value is -1.54. The molecule has 0 radical (unpaired) electrons. The van der Waals surface area contributed by atoms with E-state index in [4.69, 9.17) is 5.73 Å². The third-order valence-electron chi connectivity index (χ3n) is 4.29. The van der Waals surface area contributed by atoms with Crippen molar-refractivity contribution in [2.24, 2.45) is 5.73 Å². The molecule has 2 nitrogen and oxygen atoms in total. The topological polar surface area (TPSA) is 38.0 Å². The highest BCUT2D eigenvalue weighted by Crippen LogP contribution is 2.36. The molecule has 1 unspecified atom stereocenters. The summed E-state index contributed by atoms with van der Waals surface area (Å²) in [5.41, 5.74) is 12.8. The molecule has 2 aliphatic rings. The number of benzene rings is 1. The number of allylic oxidation sites excluding steroid dienone is 2. The van der Waals surface area contributed by atoms with Crippen molar-refractivity contribution in [2.45, 2.75) is 51.6 Å². The van der Waals surface area contributed by atoms with Crippen molar-refractivity contribution in [2.75, 3.05) is 5.32 Å². The Balaban J connectivity index is 2.02. The molecule has 0 spiro atoms. The fourth-order valence-corrected chi connectivity index (χ4v) is 3.40. The number of rotatable bonds is 1. The molecule has 0 aromatic heterocycles. The Morgan fingerprint density at radius 2 is 2.10 bits per heavy atom. The Morgan fingerprint density at radius 3 is 2.85 bits per heavy atom. The second-order valence-electron chi connectivity index (χ2n) is 6.63. The van der Waals surface area contributed by atoms with Crippen LogP contribution in [-0.2, 0) is 0 Å². The van der Waals surface area contributed by atoms with Crippen LogP contribution in [0.5, 0.6) is 0 Å². The molecule has 1 aliphatic carbocycles. The molecule has 1 aliphatic heterocycles. The van der Waals surface area contributed by atoms with E-state index in [0.29, 0.717) is 0 Å². The van der Waals surface area contributed by atoms with Gasteiger partial charge in [-0.3, -0.25) is 0 Å². The number of fused-ring (bicyclic) bond motifs is 1. The molecule has 0 saturated carbocycles. The van der Waals surface area contributed by atoms with Crippen LogP contribution in [0.4, 0.5) is 5.69 Å². The molecule has 3 N–H and O–H groups in total. The van der Waals surface area contributed by atoms with Gasteiger partial charge in [0.25, 0.3) is 0 Å². The molecule has 1 aromatic rings. The molecule has 0 bridgehead atoms. The van der Waals surface area contributed by atoms with Gasteiger partial charge in [0.15, 0.2) is 0 Å². The molecule has 0 fully saturated rings. The number of nitrogens with one attached hydrogen (secondary N) is 1. The Kier molecular flexibility index (Phi) is 3.21. The van der Waals surface area contributed by atoms with Crippen LogP contribution >= 0.6 is 0 Å². The van der Waals surface area contributed by atoms with Crippen LogP contribution in [-0.4, -0.2) is 11.6 Å². The molecule has 0 saturated heterocycles. The summed E-state index contributed by atoms with van der Waals surface area (Å²) < 4.78 is 0. The van der Waals surface area contributed by atoms with Crippen LogP contribution in [0.25, 0.3) is 11.1 Å². The number of hydrogen-bond donors (Lipinski definition) is 2. The molecule has 3 rings (SSSR count). The fraction of sp³-hybridized carbons (Fsp3) is 0.444. The molecule has 2 heteroatoms.